The minimum atomic E-state index is -0.683. The van der Waals surface area contributed by atoms with E-state index in [0.29, 0.717) is 33.5 Å². The van der Waals surface area contributed by atoms with Crippen LogP contribution in [0.2, 0.25) is 0 Å². The van der Waals surface area contributed by atoms with Crippen LogP contribution >= 0.6 is 0 Å². The summed E-state index contributed by atoms with van der Waals surface area (Å²) in [4.78, 5) is 28.6. The van der Waals surface area contributed by atoms with Gasteiger partial charge in [-0.2, -0.15) is 0 Å². The van der Waals surface area contributed by atoms with E-state index in [1.807, 2.05) is 13.0 Å². The lowest BCUT2D eigenvalue weighted by Crippen LogP contribution is -2.29. The highest BCUT2D eigenvalue weighted by atomic mass is 16.5. The molecule has 0 fully saturated rings. The molecule has 5 rings (SSSR count). The second-order valence-corrected chi connectivity index (χ2v) is 7.54. The third-order valence-electron chi connectivity index (χ3n) is 5.59. The van der Waals surface area contributed by atoms with Gasteiger partial charge in [-0.25, -0.2) is 0 Å². The van der Waals surface area contributed by atoms with Gasteiger partial charge in [0.1, 0.15) is 17.1 Å². The Morgan fingerprint density at radius 2 is 1.68 bits per heavy atom. The fourth-order valence-electron chi connectivity index (χ4n) is 4.07. The van der Waals surface area contributed by atoms with Gasteiger partial charge in [-0.05, 0) is 61.0 Å². The lowest BCUT2D eigenvalue weighted by molar-refractivity contribution is 0.0971. The average molecular weight is 413 g/mol. The molecule has 0 saturated heterocycles. The lowest BCUT2D eigenvalue weighted by Gasteiger charge is -2.25. The minimum absolute atomic E-state index is 0.0373. The van der Waals surface area contributed by atoms with Crippen molar-refractivity contribution in [1.82, 2.24) is 0 Å². The first-order valence-electron chi connectivity index (χ1n) is 9.82. The first-order chi connectivity index (χ1) is 15.0. The van der Waals surface area contributed by atoms with E-state index in [-0.39, 0.29) is 16.9 Å². The van der Waals surface area contributed by atoms with E-state index in [0.717, 1.165) is 5.56 Å². The number of amides is 1. The molecule has 1 N–H and O–H groups in total. The summed E-state index contributed by atoms with van der Waals surface area (Å²) in [6.45, 7) is 1.90. The van der Waals surface area contributed by atoms with Crippen molar-refractivity contribution in [2.45, 2.75) is 13.0 Å². The van der Waals surface area contributed by atoms with Crippen LogP contribution in [0.5, 0.6) is 11.5 Å². The highest BCUT2D eigenvalue weighted by Crippen LogP contribution is 2.41. The molecular weight excluding hydrogens is 394 g/mol. The van der Waals surface area contributed by atoms with Gasteiger partial charge in [-0.3, -0.25) is 14.5 Å². The normalized spacial score (nSPS) is 15.4. The predicted molar refractivity (Wildman–Crippen MR) is 117 cm³/mol. The first-order valence-corrected chi connectivity index (χ1v) is 9.82. The monoisotopic (exact) mass is 413 g/mol. The maximum absolute atomic E-state index is 13.5. The largest absolute Gasteiger partial charge is 0.508 e. The van der Waals surface area contributed by atoms with E-state index >= 15 is 0 Å². The molecule has 1 amide bonds. The molecule has 3 aromatic carbocycles. The van der Waals surface area contributed by atoms with Crippen molar-refractivity contribution >= 4 is 22.6 Å². The molecule has 4 aromatic rings. The Morgan fingerprint density at radius 3 is 2.35 bits per heavy atom. The zero-order valence-electron chi connectivity index (χ0n) is 17.0. The van der Waals surface area contributed by atoms with E-state index in [1.165, 1.54) is 12.1 Å². The standard InChI is InChI=1S/C25H19NO5/c1-14-3-12-20-19(13-14)23(28)21-22(15-4-8-17(27)9-5-15)26(25(29)24(21)31-20)16-6-10-18(30-2)11-7-16/h3-13,22,27H,1-2H3. The molecule has 2 heterocycles. The maximum atomic E-state index is 13.5. The van der Waals surface area contributed by atoms with Gasteiger partial charge in [0.05, 0.1) is 24.1 Å². The Morgan fingerprint density at radius 1 is 0.968 bits per heavy atom. The van der Waals surface area contributed by atoms with Crippen molar-refractivity contribution in [3.05, 3.63) is 99.4 Å². The Labute approximate surface area is 177 Å². The smallest absolute Gasteiger partial charge is 0.295 e. The summed E-state index contributed by atoms with van der Waals surface area (Å²) in [6.07, 6.45) is 0. The van der Waals surface area contributed by atoms with Crippen molar-refractivity contribution in [1.29, 1.82) is 0 Å². The molecule has 0 bridgehead atoms. The molecule has 0 radical (unpaired) electrons. The number of aromatic hydroxyl groups is 1. The van der Waals surface area contributed by atoms with Crippen LogP contribution in [-0.2, 0) is 0 Å². The van der Waals surface area contributed by atoms with E-state index in [1.54, 1.807) is 60.5 Å². The Hall–Kier alpha value is -4.06. The van der Waals surface area contributed by atoms with Crippen LogP contribution < -0.4 is 15.1 Å². The maximum Gasteiger partial charge on any atom is 0.295 e. The lowest BCUT2D eigenvalue weighted by atomic mass is 9.98. The summed E-state index contributed by atoms with van der Waals surface area (Å²) < 4.78 is 11.2. The molecule has 6 heteroatoms. The highest BCUT2D eigenvalue weighted by Gasteiger charge is 2.43. The van der Waals surface area contributed by atoms with Crippen molar-refractivity contribution in [2.24, 2.45) is 0 Å². The number of phenolic OH excluding ortho intramolecular Hbond substituents is 1. The van der Waals surface area contributed by atoms with Crippen LogP contribution in [0.25, 0.3) is 11.0 Å². The van der Waals surface area contributed by atoms with Gasteiger partial charge in [0.15, 0.2) is 5.43 Å². The fourth-order valence-corrected chi connectivity index (χ4v) is 4.07. The molecule has 1 aliphatic heterocycles. The summed E-state index contributed by atoms with van der Waals surface area (Å²) >= 11 is 0. The number of carbonyl (C=O) groups excluding carboxylic acids is 1. The van der Waals surface area contributed by atoms with Crippen LogP contribution in [0, 0.1) is 6.92 Å². The number of aryl methyl sites for hydroxylation is 1. The van der Waals surface area contributed by atoms with Gasteiger partial charge in [-0.1, -0.05) is 23.8 Å². The Balaban J connectivity index is 1.78. The third-order valence-corrected chi connectivity index (χ3v) is 5.59. The zero-order valence-corrected chi connectivity index (χ0v) is 17.0. The van der Waals surface area contributed by atoms with Gasteiger partial charge in [0.25, 0.3) is 5.91 Å². The van der Waals surface area contributed by atoms with Gasteiger partial charge in [0, 0.05) is 5.69 Å². The number of fused-ring (bicyclic) bond motifs is 2. The molecule has 1 aromatic heterocycles. The van der Waals surface area contributed by atoms with Crippen molar-refractivity contribution in [3.8, 4) is 11.5 Å². The molecule has 0 spiro atoms. The van der Waals surface area contributed by atoms with E-state index < -0.39 is 11.9 Å². The fraction of sp³-hybridized carbons (Fsp3) is 0.120. The Kier molecular flexibility index (Phi) is 4.29. The number of anilines is 1. The Bertz CT molecular complexity index is 1370. The number of phenols is 1. The molecule has 1 atom stereocenters. The summed E-state index contributed by atoms with van der Waals surface area (Å²) in [5, 5.41) is 10.2. The zero-order chi connectivity index (χ0) is 21.7. The second-order valence-electron chi connectivity index (χ2n) is 7.54. The minimum Gasteiger partial charge on any atom is -0.508 e. The summed E-state index contributed by atoms with van der Waals surface area (Å²) in [5.74, 6) is 0.406. The number of nitrogens with zero attached hydrogens (tertiary/aromatic N) is 1. The summed E-state index contributed by atoms with van der Waals surface area (Å²) in [7, 11) is 1.57. The number of ether oxygens (including phenoxy) is 1. The van der Waals surface area contributed by atoms with Crippen LogP contribution in [-0.4, -0.2) is 18.1 Å². The third kappa shape index (κ3) is 2.95. The second kappa shape index (κ2) is 7.02. The topological polar surface area (TPSA) is 80.0 Å². The van der Waals surface area contributed by atoms with E-state index in [9.17, 15) is 14.7 Å². The van der Waals surface area contributed by atoms with E-state index in [4.69, 9.17) is 9.15 Å². The van der Waals surface area contributed by atoms with Crippen LogP contribution in [0.1, 0.15) is 33.3 Å². The number of hydrogen-bond acceptors (Lipinski definition) is 5. The average Bonchev–Trinajstić information content (AvgIpc) is 3.07. The molecule has 0 aliphatic carbocycles. The van der Waals surface area contributed by atoms with Gasteiger partial charge >= 0.3 is 0 Å². The highest BCUT2D eigenvalue weighted by molar-refractivity contribution is 6.10. The predicted octanol–water partition coefficient (Wildman–Crippen LogP) is 4.57. The van der Waals surface area contributed by atoms with Crippen LogP contribution in [0.15, 0.2) is 75.9 Å². The van der Waals surface area contributed by atoms with Crippen LogP contribution in [0.3, 0.4) is 0 Å². The molecule has 1 unspecified atom stereocenters. The van der Waals surface area contributed by atoms with Gasteiger partial charge in [0.2, 0.25) is 5.76 Å². The molecule has 154 valence electrons. The number of carbonyl (C=O) groups is 1. The van der Waals surface area contributed by atoms with Gasteiger partial charge < -0.3 is 14.3 Å². The van der Waals surface area contributed by atoms with Crippen molar-refractivity contribution < 1.29 is 19.1 Å². The summed E-state index contributed by atoms with van der Waals surface area (Å²) in [6, 6.07) is 18.2. The number of rotatable bonds is 3. The van der Waals surface area contributed by atoms with E-state index in [2.05, 4.69) is 0 Å². The van der Waals surface area contributed by atoms with Gasteiger partial charge in [-0.15, -0.1) is 0 Å². The molecule has 0 saturated carbocycles. The summed E-state index contributed by atoms with van der Waals surface area (Å²) in [5.41, 5.74) is 2.67. The number of benzene rings is 3. The van der Waals surface area contributed by atoms with Crippen molar-refractivity contribution in [2.75, 3.05) is 12.0 Å². The van der Waals surface area contributed by atoms with Crippen LogP contribution in [0.4, 0.5) is 5.69 Å². The quantitative estimate of drug-likeness (QED) is 0.532. The SMILES string of the molecule is COc1ccc(N2C(=O)c3oc4ccc(C)cc4c(=O)c3C2c2ccc(O)cc2)cc1. The molecule has 1 aliphatic rings. The first kappa shape index (κ1) is 18.9. The number of hydrogen-bond donors (Lipinski definition) is 1. The molecular formula is C25H19NO5. The van der Waals surface area contributed by atoms with Crippen molar-refractivity contribution in [3.63, 3.8) is 0 Å². The molecule has 31 heavy (non-hydrogen) atoms. The number of methoxy groups -OCH3 is 1. The molecule has 6 nitrogen and oxygen atoms in total.